The highest BCUT2D eigenvalue weighted by Gasteiger charge is 2.22. The van der Waals surface area contributed by atoms with Crippen molar-refractivity contribution in [1.29, 1.82) is 0 Å². The molecule has 0 spiro atoms. The van der Waals surface area contributed by atoms with Crippen LogP contribution in [-0.4, -0.2) is 29.2 Å². The Bertz CT molecular complexity index is 595. The van der Waals surface area contributed by atoms with Gasteiger partial charge in [-0.1, -0.05) is 23.7 Å². The lowest BCUT2D eigenvalue weighted by molar-refractivity contribution is 0.170. The van der Waals surface area contributed by atoms with E-state index >= 15 is 0 Å². The SMILES string of the molecule is Cc1cnc(N2CCC(Oc3ccccc3Cl)CC2)nc1. The predicted molar refractivity (Wildman–Crippen MR) is 84.1 cm³/mol. The molecule has 0 saturated carbocycles. The molecule has 0 bridgehead atoms. The van der Waals surface area contributed by atoms with Crippen LogP contribution in [-0.2, 0) is 0 Å². The van der Waals surface area contributed by atoms with Crippen molar-refractivity contribution in [2.45, 2.75) is 25.9 Å². The molecule has 0 atom stereocenters. The molecule has 4 nitrogen and oxygen atoms in total. The second-order valence-electron chi connectivity index (χ2n) is 5.30. The number of benzene rings is 1. The summed E-state index contributed by atoms with van der Waals surface area (Å²) >= 11 is 6.13. The first-order chi connectivity index (χ1) is 10.2. The van der Waals surface area contributed by atoms with Gasteiger partial charge in [-0.2, -0.15) is 0 Å². The van der Waals surface area contributed by atoms with Crippen LogP contribution in [0.25, 0.3) is 0 Å². The first kappa shape index (κ1) is 14.1. The molecule has 0 amide bonds. The lowest BCUT2D eigenvalue weighted by Gasteiger charge is -2.32. The fourth-order valence-electron chi connectivity index (χ4n) is 2.44. The van der Waals surface area contributed by atoms with Crippen LogP contribution in [0.3, 0.4) is 0 Å². The smallest absolute Gasteiger partial charge is 0.225 e. The largest absolute Gasteiger partial charge is 0.489 e. The minimum absolute atomic E-state index is 0.201. The number of aromatic nitrogens is 2. The number of ether oxygens (including phenoxy) is 1. The van der Waals surface area contributed by atoms with E-state index in [1.807, 2.05) is 43.6 Å². The molecular weight excluding hydrogens is 286 g/mol. The second kappa shape index (κ2) is 6.31. The zero-order valence-corrected chi connectivity index (χ0v) is 12.8. The van der Waals surface area contributed by atoms with E-state index in [1.54, 1.807) is 0 Å². The number of piperidine rings is 1. The van der Waals surface area contributed by atoms with Gasteiger partial charge in [-0.3, -0.25) is 0 Å². The highest BCUT2D eigenvalue weighted by Crippen LogP contribution is 2.27. The van der Waals surface area contributed by atoms with E-state index in [1.165, 1.54) is 0 Å². The maximum atomic E-state index is 6.13. The molecule has 0 unspecified atom stereocenters. The Morgan fingerprint density at radius 2 is 1.81 bits per heavy atom. The first-order valence-corrected chi connectivity index (χ1v) is 7.55. The number of hydrogen-bond donors (Lipinski definition) is 0. The highest BCUT2D eigenvalue weighted by molar-refractivity contribution is 6.32. The van der Waals surface area contributed by atoms with Crippen LogP contribution < -0.4 is 9.64 Å². The van der Waals surface area contributed by atoms with Crippen molar-refractivity contribution in [2.75, 3.05) is 18.0 Å². The molecule has 1 saturated heterocycles. The minimum Gasteiger partial charge on any atom is -0.489 e. The molecule has 3 rings (SSSR count). The van der Waals surface area contributed by atoms with Crippen LogP contribution >= 0.6 is 11.6 Å². The Morgan fingerprint density at radius 1 is 1.14 bits per heavy atom. The van der Waals surface area contributed by atoms with E-state index in [9.17, 15) is 0 Å². The van der Waals surface area contributed by atoms with Crippen LogP contribution in [0.5, 0.6) is 5.75 Å². The molecule has 5 heteroatoms. The summed E-state index contributed by atoms with van der Waals surface area (Å²) in [7, 11) is 0. The van der Waals surface area contributed by atoms with Crippen molar-refractivity contribution in [2.24, 2.45) is 0 Å². The zero-order valence-electron chi connectivity index (χ0n) is 12.0. The standard InChI is InChI=1S/C16H18ClN3O/c1-12-10-18-16(19-11-12)20-8-6-13(7-9-20)21-15-5-3-2-4-14(15)17/h2-5,10-11,13H,6-9H2,1H3. The molecule has 1 aliphatic heterocycles. The van der Waals surface area contributed by atoms with Crippen LogP contribution in [0.4, 0.5) is 5.95 Å². The van der Waals surface area contributed by atoms with E-state index in [4.69, 9.17) is 16.3 Å². The summed E-state index contributed by atoms with van der Waals surface area (Å²) in [6.45, 7) is 3.80. The van der Waals surface area contributed by atoms with Crippen molar-refractivity contribution in [3.05, 3.63) is 47.2 Å². The zero-order chi connectivity index (χ0) is 14.7. The molecule has 1 aromatic carbocycles. The Hall–Kier alpha value is -1.81. The summed E-state index contributed by atoms with van der Waals surface area (Å²) in [5, 5.41) is 0.668. The molecule has 110 valence electrons. The van der Waals surface area contributed by atoms with E-state index in [2.05, 4.69) is 14.9 Å². The molecule has 21 heavy (non-hydrogen) atoms. The van der Waals surface area contributed by atoms with Gasteiger partial charge in [0.15, 0.2) is 0 Å². The number of rotatable bonds is 3. The molecule has 1 aliphatic rings. The summed E-state index contributed by atoms with van der Waals surface area (Å²) in [6, 6.07) is 7.62. The summed E-state index contributed by atoms with van der Waals surface area (Å²) in [5.74, 6) is 1.57. The fourth-order valence-corrected chi connectivity index (χ4v) is 2.62. The van der Waals surface area contributed by atoms with E-state index in [0.29, 0.717) is 5.02 Å². The monoisotopic (exact) mass is 303 g/mol. The van der Waals surface area contributed by atoms with Gasteiger partial charge in [0, 0.05) is 38.3 Å². The predicted octanol–water partition coefficient (Wildman–Crippen LogP) is 3.49. The number of para-hydroxylation sites is 1. The fraction of sp³-hybridized carbons (Fsp3) is 0.375. The minimum atomic E-state index is 0.201. The van der Waals surface area contributed by atoms with Crippen LogP contribution in [0.15, 0.2) is 36.7 Å². The van der Waals surface area contributed by atoms with Gasteiger partial charge in [0.1, 0.15) is 11.9 Å². The van der Waals surface area contributed by atoms with Gasteiger partial charge in [-0.15, -0.1) is 0 Å². The summed E-state index contributed by atoms with van der Waals surface area (Å²) < 4.78 is 5.99. The summed E-state index contributed by atoms with van der Waals surface area (Å²) in [6.07, 6.45) is 5.81. The molecule has 0 aliphatic carbocycles. The van der Waals surface area contributed by atoms with E-state index in [0.717, 1.165) is 43.2 Å². The van der Waals surface area contributed by atoms with Crippen molar-refractivity contribution in [3.63, 3.8) is 0 Å². The van der Waals surface area contributed by atoms with Gasteiger partial charge >= 0.3 is 0 Å². The molecule has 1 aromatic heterocycles. The van der Waals surface area contributed by atoms with Crippen molar-refractivity contribution in [1.82, 2.24) is 9.97 Å². The molecule has 0 N–H and O–H groups in total. The maximum absolute atomic E-state index is 6.13. The van der Waals surface area contributed by atoms with Crippen LogP contribution in [0.2, 0.25) is 5.02 Å². The topological polar surface area (TPSA) is 38.2 Å². The third-order valence-electron chi connectivity index (χ3n) is 3.62. The Balaban J connectivity index is 1.58. The van der Waals surface area contributed by atoms with E-state index in [-0.39, 0.29) is 6.10 Å². The van der Waals surface area contributed by atoms with Gasteiger partial charge in [0.2, 0.25) is 5.95 Å². The Morgan fingerprint density at radius 3 is 2.48 bits per heavy atom. The number of hydrogen-bond acceptors (Lipinski definition) is 4. The van der Waals surface area contributed by atoms with Crippen molar-refractivity contribution in [3.8, 4) is 5.75 Å². The van der Waals surface area contributed by atoms with Crippen LogP contribution in [0.1, 0.15) is 18.4 Å². The summed E-state index contributed by atoms with van der Waals surface area (Å²) in [5.41, 5.74) is 1.08. The molecule has 2 heterocycles. The van der Waals surface area contributed by atoms with Gasteiger partial charge in [-0.05, 0) is 24.6 Å². The van der Waals surface area contributed by atoms with Gasteiger partial charge in [0.05, 0.1) is 5.02 Å². The number of halogens is 1. The second-order valence-corrected chi connectivity index (χ2v) is 5.70. The Labute approximate surface area is 129 Å². The van der Waals surface area contributed by atoms with Crippen molar-refractivity contribution >= 4 is 17.5 Å². The normalized spacial score (nSPS) is 16.0. The lowest BCUT2D eigenvalue weighted by atomic mass is 10.1. The first-order valence-electron chi connectivity index (χ1n) is 7.17. The molecule has 0 radical (unpaired) electrons. The van der Waals surface area contributed by atoms with Crippen molar-refractivity contribution < 1.29 is 4.74 Å². The number of aryl methyl sites for hydroxylation is 1. The maximum Gasteiger partial charge on any atom is 0.225 e. The molecule has 2 aromatic rings. The molecular formula is C16H18ClN3O. The van der Waals surface area contributed by atoms with E-state index < -0.39 is 0 Å². The third-order valence-corrected chi connectivity index (χ3v) is 3.93. The number of nitrogens with zero attached hydrogens (tertiary/aromatic N) is 3. The van der Waals surface area contributed by atoms with Gasteiger partial charge in [-0.25, -0.2) is 9.97 Å². The third kappa shape index (κ3) is 3.45. The van der Waals surface area contributed by atoms with Gasteiger partial charge in [0.25, 0.3) is 0 Å². The average molecular weight is 304 g/mol. The average Bonchev–Trinajstić information content (AvgIpc) is 2.51. The number of anilines is 1. The summed E-state index contributed by atoms with van der Waals surface area (Å²) in [4.78, 5) is 11.0. The highest BCUT2D eigenvalue weighted by atomic mass is 35.5. The quantitative estimate of drug-likeness (QED) is 0.870. The van der Waals surface area contributed by atoms with Crippen LogP contribution in [0, 0.1) is 6.92 Å². The Kier molecular flexibility index (Phi) is 4.25. The lowest BCUT2D eigenvalue weighted by Crippen LogP contribution is -2.39. The molecule has 1 fully saturated rings. The van der Waals surface area contributed by atoms with Gasteiger partial charge < -0.3 is 9.64 Å².